The minimum absolute atomic E-state index is 0.0570. The number of amidine groups is 1. The monoisotopic (exact) mass is 360 g/mol. The number of thioether (sulfide) groups is 1. The number of allylic oxidation sites excluding steroid dienone is 1. The van der Waals surface area contributed by atoms with Gasteiger partial charge in [-0.2, -0.15) is 0 Å². The van der Waals surface area contributed by atoms with Crippen molar-refractivity contribution in [1.29, 1.82) is 0 Å². The number of rotatable bonds is 4. The molecule has 1 amide bonds. The van der Waals surface area contributed by atoms with Crippen molar-refractivity contribution in [2.45, 2.75) is 25.1 Å². The van der Waals surface area contributed by atoms with Crippen molar-refractivity contribution in [2.24, 2.45) is 4.99 Å². The van der Waals surface area contributed by atoms with Crippen LogP contribution < -0.4 is 0 Å². The largest absolute Gasteiger partial charge is 0.458 e. The van der Waals surface area contributed by atoms with E-state index in [1.165, 1.54) is 34.9 Å². The normalized spacial score (nSPS) is 22.6. The van der Waals surface area contributed by atoms with Crippen LogP contribution in [0.3, 0.4) is 0 Å². The molecule has 7 heteroatoms. The highest BCUT2D eigenvalue weighted by Gasteiger charge is 2.46. The van der Waals surface area contributed by atoms with Crippen molar-refractivity contribution in [3.05, 3.63) is 59.6 Å². The molecule has 0 saturated carbocycles. The van der Waals surface area contributed by atoms with E-state index < -0.39 is 12.0 Å². The highest BCUT2D eigenvalue weighted by molar-refractivity contribution is 8.15. The maximum Gasteiger partial charge on any atom is 0.338 e. The smallest absolute Gasteiger partial charge is 0.338 e. The Hall–Kier alpha value is -2.41. The lowest BCUT2D eigenvalue weighted by atomic mass is 9.94. The number of carbonyl (C=O) groups excluding carboxylic acids is 2. The second kappa shape index (κ2) is 6.84. The first-order chi connectivity index (χ1) is 11.9. The minimum Gasteiger partial charge on any atom is -0.458 e. The maximum absolute atomic E-state index is 13.3. The summed E-state index contributed by atoms with van der Waals surface area (Å²) >= 11 is 1.34. The van der Waals surface area contributed by atoms with Crippen LogP contribution in [-0.4, -0.2) is 33.8 Å². The molecule has 0 unspecified atom stereocenters. The zero-order chi connectivity index (χ0) is 18.1. The Balaban J connectivity index is 2.11. The van der Waals surface area contributed by atoms with Crippen molar-refractivity contribution in [2.75, 3.05) is 6.61 Å². The number of esters is 1. The van der Waals surface area contributed by atoms with Crippen LogP contribution >= 0.6 is 11.8 Å². The average Bonchev–Trinajstić information content (AvgIpc) is 2.86. The molecule has 0 bridgehead atoms. The van der Waals surface area contributed by atoms with E-state index in [0.717, 1.165) is 0 Å². The maximum atomic E-state index is 13.3. The van der Waals surface area contributed by atoms with Crippen LogP contribution in [0, 0.1) is 5.82 Å². The van der Waals surface area contributed by atoms with Crippen molar-refractivity contribution in [1.82, 2.24) is 4.90 Å². The molecule has 2 atom stereocenters. The number of hydrogen-bond donors (Lipinski definition) is 0. The third-order valence-electron chi connectivity index (χ3n) is 4.00. The van der Waals surface area contributed by atoms with Crippen LogP contribution in [0.2, 0.25) is 0 Å². The molecule has 1 aromatic rings. The molecule has 2 aliphatic heterocycles. The second-order valence-corrected chi connectivity index (χ2v) is 7.01. The van der Waals surface area contributed by atoms with Gasteiger partial charge in [0.25, 0.3) is 0 Å². The molecule has 0 N–H and O–H groups in total. The zero-order valence-corrected chi connectivity index (χ0v) is 14.7. The summed E-state index contributed by atoms with van der Waals surface area (Å²) in [6.45, 7) is 7.09. The topological polar surface area (TPSA) is 59.0 Å². The first-order valence-electron chi connectivity index (χ1n) is 7.76. The molecule has 25 heavy (non-hydrogen) atoms. The van der Waals surface area contributed by atoms with E-state index in [1.807, 2.05) is 0 Å². The van der Waals surface area contributed by atoms with Crippen LogP contribution in [0.1, 0.15) is 25.5 Å². The third kappa shape index (κ3) is 3.11. The first-order valence-corrected chi connectivity index (χ1v) is 8.64. The Bertz CT molecular complexity index is 801. The number of ether oxygens (including phenoxy) is 1. The van der Waals surface area contributed by atoms with E-state index in [9.17, 15) is 14.0 Å². The molecule has 1 aromatic carbocycles. The summed E-state index contributed by atoms with van der Waals surface area (Å²) < 4.78 is 18.5. The second-order valence-electron chi connectivity index (χ2n) is 5.70. The number of aliphatic imine (C=N–C) groups is 1. The number of carbonyl (C=O) groups is 2. The fourth-order valence-electron chi connectivity index (χ4n) is 2.84. The molecular weight excluding hydrogens is 343 g/mol. The van der Waals surface area contributed by atoms with E-state index >= 15 is 0 Å². The lowest BCUT2D eigenvalue weighted by Gasteiger charge is -2.33. The summed E-state index contributed by atoms with van der Waals surface area (Å²) in [6.07, 6.45) is 1.47. The van der Waals surface area contributed by atoms with Gasteiger partial charge < -0.3 is 4.74 Å². The number of benzene rings is 1. The molecule has 2 aliphatic rings. The number of amides is 1. The van der Waals surface area contributed by atoms with E-state index in [2.05, 4.69) is 11.6 Å². The van der Waals surface area contributed by atoms with E-state index in [-0.39, 0.29) is 29.2 Å². The standard InChI is InChI=1S/C18H17FN2O3S/c1-4-9-24-17(23)14-10(2)20-18-21(16(22)11(3)25-18)15(14)12-5-7-13(19)8-6-12/h4-8,11,15H,1,9H2,2-3H3/t11-,15-/m1/s1. The van der Waals surface area contributed by atoms with Gasteiger partial charge in [0.05, 0.1) is 22.6 Å². The van der Waals surface area contributed by atoms with Gasteiger partial charge in [-0.15, -0.1) is 0 Å². The molecular formula is C18H17FN2O3S. The predicted octanol–water partition coefficient (Wildman–Crippen LogP) is 3.20. The summed E-state index contributed by atoms with van der Waals surface area (Å²) in [7, 11) is 0. The third-order valence-corrected chi connectivity index (χ3v) is 5.05. The van der Waals surface area contributed by atoms with Gasteiger partial charge in [-0.1, -0.05) is 36.5 Å². The van der Waals surface area contributed by atoms with E-state index in [1.54, 1.807) is 26.0 Å². The molecule has 5 nitrogen and oxygen atoms in total. The van der Waals surface area contributed by atoms with Gasteiger partial charge in [0.2, 0.25) is 5.91 Å². The van der Waals surface area contributed by atoms with Gasteiger partial charge in [0, 0.05) is 0 Å². The first kappa shape index (κ1) is 17.4. The van der Waals surface area contributed by atoms with Crippen LogP contribution in [-0.2, 0) is 14.3 Å². The summed E-state index contributed by atoms with van der Waals surface area (Å²) in [4.78, 5) is 31.1. The van der Waals surface area contributed by atoms with Crippen LogP contribution in [0.25, 0.3) is 0 Å². The molecule has 130 valence electrons. The van der Waals surface area contributed by atoms with Gasteiger partial charge in [-0.05, 0) is 31.5 Å². The Kier molecular flexibility index (Phi) is 4.76. The number of nitrogens with zero attached hydrogens (tertiary/aromatic N) is 2. The average molecular weight is 360 g/mol. The van der Waals surface area contributed by atoms with E-state index in [4.69, 9.17) is 4.74 Å². The fraction of sp³-hybridized carbons (Fsp3) is 0.278. The summed E-state index contributed by atoms with van der Waals surface area (Å²) in [5, 5.41) is 0.252. The molecule has 0 aromatic heterocycles. The van der Waals surface area contributed by atoms with Gasteiger partial charge in [0.1, 0.15) is 12.4 Å². The summed E-state index contributed by atoms with van der Waals surface area (Å²) in [5.74, 6) is -1.09. The van der Waals surface area contributed by atoms with Crippen molar-refractivity contribution >= 4 is 28.8 Å². The lowest BCUT2D eigenvalue weighted by Crippen LogP contribution is -2.40. The number of halogens is 1. The zero-order valence-electron chi connectivity index (χ0n) is 13.9. The Morgan fingerprint density at radius 3 is 2.76 bits per heavy atom. The molecule has 1 saturated heterocycles. The highest BCUT2D eigenvalue weighted by Crippen LogP contribution is 2.43. The van der Waals surface area contributed by atoms with E-state index in [0.29, 0.717) is 16.4 Å². The van der Waals surface area contributed by atoms with Crippen LogP contribution in [0.5, 0.6) is 0 Å². The molecule has 2 heterocycles. The van der Waals surface area contributed by atoms with Gasteiger partial charge in [0.15, 0.2) is 5.17 Å². The molecule has 0 spiro atoms. The Morgan fingerprint density at radius 2 is 2.12 bits per heavy atom. The number of hydrogen-bond acceptors (Lipinski definition) is 5. The van der Waals surface area contributed by atoms with Gasteiger partial charge >= 0.3 is 5.97 Å². The summed E-state index contributed by atoms with van der Waals surface area (Å²) in [5.41, 5.74) is 1.39. The predicted molar refractivity (Wildman–Crippen MR) is 94.3 cm³/mol. The molecule has 1 fully saturated rings. The van der Waals surface area contributed by atoms with Crippen molar-refractivity contribution < 1.29 is 18.7 Å². The van der Waals surface area contributed by atoms with Gasteiger partial charge in [-0.25, -0.2) is 14.2 Å². The number of fused-ring (bicyclic) bond motifs is 1. The SMILES string of the molecule is C=CCOC(=O)C1=C(C)N=C2S[C@H](C)C(=O)N2[C@@H]1c1ccc(F)cc1. The highest BCUT2D eigenvalue weighted by atomic mass is 32.2. The summed E-state index contributed by atoms with van der Waals surface area (Å²) in [6, 6.07) is 5.06. The van der Waals surface area contributed by atoms with Crippen molar-refractivity contribution in [3.8, 4) is 0 Å². The van der Waals surface area contributed by atoms with Gasteiger partial charge in [-0.3, -0.25) is 9.69 Å². The minimum atomic E-state index is -0.685. The molecule has 0 radical (unpaired) electrons. The van der Waals surface area contributed by atoms with Crippen LogP contribution in [0.4, 0.5) is 4.39 Å². The lowest BCUT2D eigenvalue weighted by molar-refractivity contribution is -0.139. The van der Waals surface area contributed by atoms with Crippen LogP contribution in [0.15, 0.2) is 53.2 Å². The quantitative estimate of drug-likeness (QED) is 0.611. The Morgan fingerprint density at radius 1 is 1.44 bits per heavy atom. The Labute approximate surface area is 149 Å². The molecule has 0 aliphatic carbocycles. The van der Waals surface area contributed by atoms with Crippen molar-refractivity contribution in [3.63, 3.8) is 0 Å². The fourth-order valence-corrected chi connectivity index (χ4v) is 3.87. The molecule has 3 rings (SSSR count).